The molecule has 5 nitrogen and oxygen atoms in total. The van der Waals surface area contributed by atoms with Gasteiger partial charge in [-0.2, -0.15) is 5.10 Å². The maximum Gasteiger partial charge on any atom is 0.256 e. The van der Waals surface area contributed by atoms with Crippen LogP contribution in [0, 0.1) is 0 Å². The zero-order valence-electron chi connectivity index (χ0n) is 9.24. The van der Waals surface area contributed by atoms with Crippen LogP contribution in [0.2, 0.25) is 0 Å². The summed E-state index contributed by atoms with van der Waals surface area (Å²) in [5.74, 6) is 0.183. The van der Waals surface area contributed by atoms with E-state index in [2.05, 4.69) is 10.4 Å². The van der Waals surface area contributed by atoms with Gasteiger partial charge >= 0.3 is 0 Å². The number of aryl methyl sites for hydroxylation is 1. The van der Waals surface area contributed by atoms with Crippen LogP contribution >= 0.6 is 0 Å². The Morgan fingerprint density at radius 3 is 2.80 bits per heavy atom. The number of allylic oxidation sites excluding steroid dienone is 1. The Morgan fingerprint density at radius 1 is 1.67 bits per heavy atom. The van der Waals surface area contributed by atoms with Gasteiger partial charge in [0, 0.05) is 13.6 Å². The Bertz CT molecular complexity index is 388. The first-order chi connectivity index (χ1) is 7.02. The molecule has 1 rings (SSSR count). The number of nitrogens with one attached hydrogen (secondary N) is 1. The van der Waals surface area contributed by atoms with E-state index in [0.717, 1.165) is 5.57 Å². The number of aromatic nitrogens is 2. The summed E-state index contributed by atoms with van der Waals surface area (Å²) in [5.41, 5.74) is 7.24. The predicted molar refractivity (Wildman–Crippen MR) is 59.4 cm³/mol. The van der Waals surface area contributed by atoms with Crippen LogP contribution in [0.4, 0.5) is 5.82 Å². The van der Waals surface area contributed by atoms with Gasteiger partial charge in [-0.1, -0.05) is 11.6 Å². The number of carbonyl (C=O) groups excluding carboxylic acids is 1. The summed E-state index contributed by atoms with van der Waals surface area (Å²) in [5, 5.41) is 6.63. The molecule has 0 bridgehead atoms. The lowest BCUT2D eigenvalue weighted by atomic mass is 10.3. The zero-order valence-corrected chi connectivity index (χ0v) is 9.24. The molecule has 0 aliphatic heterocycles. The summed E-state index contributed by atoms with van der Waals surface area (Å²) >= 11 is 0. The van der Waals surface area contributed by atoms with Gasteiger partial charge in [0.2, 0.25) is 0 Å². The lowest BCUT2D eigenvalue weighted by Gasteiger charge is -2.01. The van der Waals surface area contributed by atoms with Gasteiger partial charge in [0.25, 0.3) is 5.91 Å². The summed E-state index contributed by atoms with van der Waals surface area (Å²) in [4.78, 5) is 11.6. The summed E-state index contributed by atoms with van der Waals surface area (Å²) < 4.78 is 1.47. The highest BCUT2D eigenvalue weighted by Gasteiger charge is 2.12. The normalized spacial score (nSPS) is 9.80. The Kier molecular flexibility index (Phi) is 3.49. The monoisotopic (exact) mass is 208 g/mol. The van der Waals surface area contributed by atoms with E-state index >= 15 is 0 Å². The van der Waals surface area contributed by atoms with Crippen LogP contribution < -0.4 is 11.1 Å². The average molecular weight is 208 g/mol. The molecule has 15 heavy (non-hydrogen) atoms. The molecule has 1 amide bonds. The number of rotatable bonds is 3. The second-order valence-electron chi connectivity index (χ2n) is 3.56. The van der Waals surface area contributed by atoms with Gasteiger partial charge in [-0.15, -0.1) is 0 Å². The van der Waals surface area contributed by atoms with Crippen LogP contribution in [0.15, 0.2) is 17.8 Å². The Hall–Kier alpha value is -1.78. The van der Waals surface area contributed by atoms with E-state index in [1.165, 1.54) is 10.9 Å². The predicted octanol–water partition coefficient (Wildman–Crippen LogP) is 0.698. The molecule has 0 aliphatic rings. The van der Waals surface area contributed by atoms with Gasteiger partial charge in [0.05, 0.1) is 6.20 Å². The Labute approximate surface area is 89.0 Å². The molecule has 0 unspecified atom stereocenters. The quantitative estimate of drug-likeness (QED) is 0.718. The van der Waals surface area contributed by atoms with E-state index in [9.17, 15) is 4.79 Å². The molecule has 1 aromatic rings. The van der Waals surface area contributed by atoms with E-state index in [1.807, 2.05) is 19.9 Å². The molecule has 0 atom stereocenters. The molecular formula is C10H16N4O. The highest BCUT2D eigenvalue weighted by molar-refractivity contribution is 5.98. The minimum Gasteiger partial charge on any atom is -0.383 e. The molecule has 1 aromatic heterocycles. The van der Waals surface area contributed by atoms with E-state index in [-0.39, 0.29) is 5.91 Å². The fraction of sp³-hybridized carbons (Fsp3) is 0.400. The first kappa shape index (κ1) is 11.3. The van der Waals surface area contributed by atoms with Crippen LogP contribution in [-0.4, -0.2) is 22.2 Å². The van der Waals surface area contributed by atoms with Crippen LogP contribution in [0.5, 0.6) is 0 Å². The summed E-state index contributed by atoms with van der Waals surface area (Å²) in [6, 6.07) is 0. The molecule has 3 N–H and O–H groups in total. The molecule has 0 fully saturated rings. The highest BCUT2D eigenvalue weighted by Crippen LogP contribution is 2.08. The summed E-state index contributed by atoms with van der Waals surface area (Å²) in [6.45, 7) is 4.46. The third kappa shape index (κ3) is 2.83. The molecule has 1 heterocycles. The van der Waals surface area contributed by atoms with Crippen molar-refractivity contribution in [2.24, 2.45) is 7.05 Å². The number of amides is 1. The molecule has 0 aliphatic carbocycles. The third-order valence-corrected chi connectivity index (χ3v) is 2.00. The van der Waals surface area contributed by atoms with Crippen LogP contribution in [0.25, 0.3) is 0 Å². The van der Waals surface area contributed by atoms with Crippen molar-refractivity contribution in [3.8, 4) is 0 Å². The molecule has 82 valence electrons. The highest BCUT2D eigenvalue weighted by atomic mass is 16.1. The van der Waals surface area contributed by atoms with E-state index < -0.39 is 0 Å². The maximum atomic E-state index is 11.6. The maximum absolute atomic E-state index is 11.6. The van der Waals surface area contributed by atoms with Crippen molar-refractivity contribution >= 4 is 11.7 Å². The van der Waals surface area contributed by atoms with Crippen molar-refractivity contribution in [1.82, 2.24) is 15.1 Å². The van der Waals surface area contributed by atoms with Crippen molar-refractivity contribution in [2.45, 2.75) is 13.8 Å². The number of anilines is 1. The standard InChI is InChI=1S/C10H16N4O/c1-7(2)4-5-12-10(15)8-6-13-14(3)9(8)11/h4,6H,5,11H2,1-3H3,(H,12,15). The van der Waals surface area contributed by atoms with Crippen molar-refractivity contribution < 1.29 is 4.79 Å². The number of nitrogens with two attached hydrogens (primary N) is 1. The van der Waals surface area contributed by atoms with Crippen molar-refractivity contribution in [1.29, 1.82) is 0 Å². The smallest absolute Gasteiger partial charge is 0.256 e. The fourth-order valence-electron chi connectivity index (χ4n) is 1.07. The molecule has 0 saturated carbocycles. The third-order valence-electron chi connectivity index (χ3n) is 2.00. The minimum absolute atomic E-state index is 0.196. The average Bonchev–Trinajstić information content (AvgIpc) is 2.47. The molecule has 0 saturated heterocycles. The fourth-order valence-corrected chi connectivity index (χ4v) is 1.07. The largest absolute Gasteiger partial charge is 0.383 e. The van der Waals surface area contributed by atoms with Gasteiger partial charge < -0.3 is 11.1 Å². The van der Waals surface area contributed by atoms with Crippen molar-refractivity contribution in [2.75, 3.05) is 12.3 Å². The van der Waals surface area contributed by atoms with Gasteiger partial charge in [-0.25, -0.2) is 0 Å². The van der Waals surface area contributed by atoms with Gasteiger partial charge in [0.15, 0.2) is 0 Å². The number of hydrogen-bond donors (Lipinski definition) is 2. The molecule has 0 spiro atoms. The molecule has 0 radical (unpaired) electrons. The van der Waals surface area contributed by atoms with Gasteiger partial charge in [-0.3, -0.25) is 9.48 Å². The number of nitrogen functional groups attached to an aromatic ring is 1. The van der Waals surface area contributed by atoms with Crippen molar-refractivity contribution in [3.05, 3.63) is 23.4 Å². The first-order valence-corrected chi connectivity index (χ1v) is 4.71. The van der Waals surface area contributed by atoms with Crippen LogP contribution in [0.1, 0.15) is 24.2 Å². The molecule has 0 aromatic carbocycles. The Balaban J connectivity index is 2.62. The lowest BCUT2D eigenvalue weighted by molar-refractivity contribution is 0.0959. The second kappa shape index (κ2) is 4.63. The first-order valence-electron chi connectivity index (χ1n) is 4.71. The SMILES string of the molecule is CC(C)=CCNC(=O)c1cnn(C)c1N. The number of nitrogens with zero attached hydrogens (tertiary/aromatic N) is 2. The van der Waals surface area contributed by atoms with E-state index in [4.69, 9.17) is 5.73 Å². The van der Waals surface area contributed by atoms with E-state index in [0.29, 0.717) is 17.9 Å². The molecular weight excluding hydrogens is 192 g/mol. The van der Waals surface area contributed by atoms with E-state index in [1.54, 1.807) is 7.05 Å². The summed E-state index contributed by atoms with van der Waals surface area (Å²) in [7, 11) is 1.70. The topological polar surface area (TPSA) is 72.9 Å². The lowest BCUT2D eigenvalue weighted by Crippen LogP contribution is -2.24. The zero-order chi connectivity index (χ0) is 11.4. The number of carbonyl (C=O) groups is 1. The van der Waals surface area contributed by atoms with Crippen LogP contribution in [0.3, 0.4) is 0 Å². The van der Waals surface area contributed by atoms with Crippen molar-refractivity contribution in [3.63, 3.8) is 0 Å². The van der Waals surface area contributed by atoms with Crippen LogP contribution in [-0.2, 0) is 7.05 Å². The summed E-state index contributed by atoms with van der Waals surface area (Å²) in [6.07, 6.45) is 3.40. The van der Waals surface area contributed by atoms with Gasteiger partial charge in [-0.05, 0) is 13.8 Å². The number of hydrogen-bond acceptors (Lipinski definition) is 3. The molecule has 5 heteroatoms. The second-order valence-corrected chi connectivity index (χ2v) is 3.56. The Morgan fingerprint density at radius 2 is 2.33 bits per heavy atom. The minimum atomic E-state index is -0.196. The van der Waals surface area contributed by atoms with Gasteiger partial charge in [0.1, 0.15) is 11.4 Å².